The first kappa shape index (κ1) is 25.2. The van der Waals surface area contributed by atoms with Crippen LogP contribution < -0.4 is 15.4 Å². The topological polar surface area (TPSA) is 105 Å². The van der Waals surface area contributed by atoms with Gasteiger partial charge in [0.15, 0.2) is 0 Å². The number of carboxylic acid groups (broad SMARTS) is 1. The summed E-state index contributed by atoms with van der Waals surface area (Å²) in [5, 5.41) is 14.5. The molecule has 0 spiro atoms. The van der Waals surface area contributed by atoms with Crippen LogP contribution in [0.5, 0.6) is 5.75 Å². The van der Waals surface area contributed by atoms with Gasteiger partial charge < -0.3 is 20.5 Å². The Labute approximate surface area is 204 Å². The molecule has 0 aromatic heterocycles. The number of hydrogen-bond donors (Lipinski definition) is 3. The summed E-state index contributed by atoms with van der Waals surface area (Å²) in [5.74, 6) is -1.18. The fourth-order valence-corrected chi connectivity index (χ4v) is 3.40. The third-order valence-electron chi connectivity index (χ3n) is 5.28. The molecule has 0 saturated heterocycles. The predicted molar refractivity (Wildman–Crippen MR) is 134 cm³/mol. The monoisotopic (exact) mass is 472 g/mol. The quantitative estimate of drug-likeness (QED) is 0.343. The average Bonchev–Trinajstić information content (AvgIpc) is 2.89. The maximum absolute atomic E-state index is 12.8. The van der Waals surface area contributed by atoms with Crippen LogP contribution in [0.25, 0.3) is 11.1 Å². The van der Waals surface area contributed by atoms with E-state index in [9.17, 15) is 14.4 Å². The molecule has 0 heterocycles. The Kier molecular flexibility index (Phi) is 9.19. The minimum absolute atomic E-state index is 0.0138. The maximum atomic E-state index is 12.8. The third kappa shape index (κ3) is 7.85. The van der Waals surface area contributed by atoms with Crippen LogP contribution in [0.2, 0.25) is 0 Å². The number of aliphatic carboxylic acids is 1. The van der Waals surface area contributed by atoms with Crippen molar-refractivity contribution < 1.29 is 24.2 Å². The van der Waals surface area contributed by atoms with Gasteiger partial charge >= 0.3 is 5.97 Å². The van der Waals surface area contributed by atoms with Crippen LogP contribution in [0.15, 0.2) is 91.5 Å². The van der Waals surface area contributed by atoms with Gasteiger partial charge in [-0.3, -0.25) is 14.4 Å². The molecule has 0 fully saturated rings. The maximum Gasteiger partial charge on any atom is 0.303 e. The second-order valence-corrected chi connectivity index (χ2v) is 7.86. The van der Waals surface area contributed by atoms with Gasteiger partial charge in [0.2, 0.25) is 5.91 Å². The third-order valence-corrected chi connectivity index (χ3v) is 5.28. The summed E-state index contributed by atoms with van der Waals surface area (Å²) in [7, 11) is 0. The van der Waals surface area contributed by atoms with E-state index in [1.54, 1.807) is 18.2 Å². The molecule has 0 aliphatic rings. The molecule has 0 unspecified atom stereocenters. The molecule has 180 valence electrons. The Balaban J connectivity index is 1.64. The van der Waals surface area contributed by atoms with Gasteiger partial charge in [-0.15, -0.1) is 0 Å². The fraction of sp³-hybridized carbons (Fsp3) is 0.179. The van der Waals surface area contributed by atoms with Crippen molar-refractivity contribution in [3.05, 3.63) is 103 Å². The van der Waals surface area contributed by atoms with E-state index in [2.05, 4.69) is 17.2 Å². The zero-order valence-corrected chi connectivity index (χ0v) is 19.3. The highest BCUT2D eigenvalue weighted by Gasteiger charge is 2.22. The van der Waals surface area contributed by atoms with E-state index in [0.29, 0.717) is 12.2 Å². The van der Waals surface area contributed by atoms with E-state index < -0.39 is 23.8 Å². The van der Waals surface area contributed by atoms with Crippen molar-refractivity contribution in [2.24, 2.45) is 0 Å². The number of carbonyl (C=O) groups is 3. The number of benzene rings is 3. The molecule has 0 radical (unpaired) electrons. The predicted octanol–water partition coefficient (Wildman–Crippen LogP) is 4.20. The summed E-state index contributed by atoms with van der Waals surface area (Å²) >= 11 is 0. The van der Waals surface area contributed by atoms with Crippen molar-refractivity contribution in [2.45, 2.75) is 25.4 Å². The molecule has 0 aliphatic heterocycles. The number of amides is 2. The summed E-state index contributed by atoms with van der Waals surface area (Å²) < 4.78 is 5.49. The van der Waals surface area contributed by atoms with Crippen LogP contribution in [0.1, 0.15) is 28.8 Å². The van der Waals surface area contributed by atoms with Crippen molar-refractivity contribution in [3.63, 3.8) is 0 Å². The summed E-state index contributed by atoms with van der Waals surface area (Å²) in [5.41, 5.74) is 3.15. The molecule has 7 nitrogen and oxygen atoms in total. The van der Waals surface area contributed by atoms with Crippen LogP contribution >= 0.6 is 0 Å². The number of carbonyl (C=O) groups excluding carboxylic acids is 2. The molecule has 0 saturated carbocycles. The highest BCUT2D eigenvalue weighted by molar-refractivity contribution is 5.98. The van der Waals surface area contributed by atoms with E-state index >= 15 is 0 Å². The zero-order chi connectivity index (χ0) is 25.0. The molecule has 3 aromatic carbocycles. The summed E-state index contributed by atoms with van der Waals surface area (Å²) in [6.07, 6.45) is 1.42. The largest absolute Gasteiger partial charge is 0.490 e. The first-order valence-electron chi connectivity index (χ1n) is 11.2. The van der Waals surface area contributed by atoms with Gasteiger partial charge in [-0.05, 0) is 47.4 Å². The number of nitrogens with one attached hydrogen (secondary N) is 2. The Hall–Kier alpha value is -4.39. The molecule has 1 atom stereocenters. The van der Waals surface area contributed by atoms with E-state index in [4.69, 9.17) is 9.84 Å². The molecule has 3 N–H and O–H groups in total. The molecule has 3 aromatic rings. The van der Waals surface area contributed by atoms with Gasteiger partial charge in [0, 0.05) is 18.5 Å². The molecular formula is C28H28N2O5. The van der Waals surface area contributed by atoms with Gasteiger partial charge in [-0.2, -0.15) is 0 Å². The van der Waals surface area contributed by atoms with E-state index in [1.807, 2.05) is 66.7 Å². The molecule has 0 bridgehead atoms. The highest BCUT2D eigenvalue weighted by Crippen LogP contribution is 2.23. The van der Waals surface area contributed by atoms with Gasteiger partial charge in [-0.25, -0.2) is 0 Å². The lowest BCUT2D eigenvalue weighted by atomic mass is 10.0. The number of rotatable bonds is 12. The smallest absolute Gasteiger partial charge is 0.303 e. The minimum atomic E-state index is -1.04. The van der Waals surface area contributed by atoms with Crippen molar-refractivity contribution >= 4 is 17.8 Å². The van der Waals surface area contributed by atoms with Gasteiger partial charge in [0.1, 0.15) is 18.4 Å². The fourth-order valence-electron chi connectivity index (χ4n) is 3.40. The second kappa shape index (κ2) is 12.7. The van der Waals surface area contributed by atoms with E-state index in [-0.39, 0.29) is 19.4 Å². The number of hydrogen-bond acceptors (Lipinski definition) is 4. The molecule has 3 rings (SSSR count). The van der Waals surface area contributed by atoms with Gasteiger partial charge in [0.25, 0.3) is 5.91 Å². The van der Waals surface area contributed by atoms with Crippen LogP contribution in [-0.4, -0.2) is 35.5 Å². The molecule has 2 amide bonds. The van der Waals surface area contributed by atoms with Crippen molar-refractivity contribution in [2.75, 3.05) is 6.61 Å². The van der Waals surface area contributed by atoms with Crippen LogP contribution in [0, 0.1) is 0 Å². The lowest BCUT2D eigenvalue weighted by Crippen LogP contribution is -2.46. The van der Waals surface area contributed by atoms with Gasteiger partial charge in [0.05, 0.1) is 0 Å². The summed E-state index contributed by atoms with van der Waals surface area (Å²) in [4.78, 5) is 36.6. The van der Waals surface area contributed by atoms with E-state index in [0.717, 1.165) is 22.4 Å². The Morgan fingerprint density at radius 1 is 0.914 bits per heavy atom. The lowest BCUT2D eigenvalue weighted by Gasteiger charge is -2.18. The standard InChI is InChI=1S/C28H28N2O5/c1-2-18-35-24-14-12-22(13-15-24)21-8-10-23(11-9-21)27(33)30-25(16-17-26(31)32)28(34)29-19-20-6-4-3-5-7-20/h2-15,25H,1,16-19H2,(H,29,34)(H,30,33)(H,31,32)/t25-/m0/s1. The molecule has 0 aliphatic carbocycles. The first-order valence-corrected chi connectivity index (χ1v) is 11.2. The summed E-state index contributed by atoms with van der Waals surface area (Å²) in [6, 6.07) is 22.9. The van der Waals surface area contributed by atoms with Crippen LogP contribution in [0.4, 0.5) is 0 Å². The highest BCUT2D eigenvalue weighted by atomic mass is 16.5. The van der Waals surface area contributed by atoms with Crippen molar-refractivity contribution in [3.8, 4) is 16.9 Å². The zero-order valence-electron chi connectivity index (χ0n) is 19.3. The van der Waals surface area contributed by atoms with Gasteiger partial charge in [-0.1, -0.05) is 67.3 Å². The van der Waals surface area contributed by atoms with Crippen LogP contribution in [0.3, 0.4) is 0 Å². The summed E-state index contributed by atoms with van der Waals surface area (Å²) in [6.45, 7) is 4.34. The van der Waals surface area contributed by atoms with Crippen molar-refractivity contribution in [1.29, 1.82) is 0 Å². The van der Waals surface area contributed by atoms with E-state index in [1.165, 1.54) is 0 Å². The lowest BCUT2D eigenvalue weighted by molar-refractivity contribution is -0.137. The first-order chi connectivity index (χ1) is 17.0. The van der Waals surface area contributed by atoms with Crippen molar-refractivity contribution in [1.82, 2.24) is 10.6 Å². The number of carboxylic acids is 1. The Morgan fingerprint density at radius 3 is 2.14 bits per heavy atom. The Bertz CT molecular complexity index is 1140. The Morgan fingerprint density at radius 2 is 1.54 bits per heavy atom. The molecule has 7 heteroatoms. The molecule has 35 heavy (non-hydrogen) atoms. The SMILES string of the molecule is C=CCOc1ccc(-c2ccc(C(=O)N[C@@H](CCC(=O)O)C(=O)NCc3ccccc3)cc2)cc1. The second-order valence-electron chi connectivity index (χ2n) is 7.86. The normalized spacial score (nSPS) is 11.2. The minimum Gasteiger partial charge on any atom is -0.490 e. The van der Waals surface area contributed by atoms with Crippen LogP contribution in [-0.2, 0) is 16.1 Å². The average molecular weight is 473 g/mol. The molecular weight excluding hydrogens is 444 g/mol. The number of ether oxygens (including phenoxy) is 1.